The van der Waals surface area contributed by atoms with Crippen molar-refractivity contribution in [2.24, 2.45) is 0 Å². The first kappa shape index (κ1) is 18.7. The van der Waals surface area contributed by atoms with Crippen LogP contribution in [0, 0.1) is 13.8 Å². The molecule has 2 aromatic carbocycles. The van der Waals surface area contributed by atoms with Crippen molar-refractivity contribution in [2.75, 3.05) is 18.0 Å². The van der Waals surface area contributed by atoms with Crippen LogP contribution in [0.25, 0.3) is 0 Å². The molecule has 1 fully saturated rings. The van der Waals surface area contributed by atoms with E-state index < -0.39 is 6.04 Å². The number of hydrogen-bond acceptors (Lipinski definition) is 2. The molecule has 0 unspecified atom stereocenters. The van der Waals surface area contributed by atoms with Crippen LogP contribution in [0.5, 0.6) is 0 Å². The maximum absolute atomic E-state index is 12.9. The number of piperazine rings is 1. The number of carbonyl (C=O) groups excluding carboxylic acids is 2. The van der Waals surface area contributed by atoms with Gasteiger partial charge in [0.25, 0.3) is 5.91 Å². The third kappa shape index (κ3) is 3.44. The Balaban J connectivity index is 1.84. The summed E-state index contributed by atoms with van der Waals surface area (Å²) in [5.41, 5.74) is 3.45. The third-order valence-electron chi connectivity index (χ3n) is 4.72. The fraction of sp³-hybridized carbons (Fsp3) is 0.300. The molecule has 2 amide bonds. The molecule has 1 saturated heterocycles. The molecular formula is C20H20Cl2N2O2. The van der Waals surface area contributed by atoms with Gasteiger partial charge in [-0.1, -0.05) is 40.9 Å². The van der Waals surface area contributed by atoms with Crippen molar-refractivity contribution in [2.45, 2.75) is 26.8 Å². The minimum absolute atomic E-state index is 0.0957. The highest BCUT2D eigenvalue weighted by molar-refractivity contribution is 6.36. The highest BCUT2D eigenvalue weighted by Gasteiger charge is 2.36. The fourth-order valence-corrected chi connectivity index (χ4v) is 3.80. The van der Waals surface area contributed by atoms with Crippen molar-refractivity contribution in [1.82, 2.24) is 4.90 Å². The van der Waals surface area contributed by atoms with Crippen LogP contribution in [0.15, 0.2) is 36.4 Å². The quantitative estimate of drug-likeness (QED) is 0.757. The van der Waals surface area contributed by atoms with Crippen molar-refractivity contribution in [3.05, 3.63) is 63.1 Å². The topological polar surface area (TPSA) is 40.6 Å². The second-order valence-electron chi connectivity index (χ2n) is 6.58. The normalized spacial score (nSPS) is 17.6. The monoisotopic (exact) mass is 390 g/mol. The SMILES string of the molecule is Cc1ccc(N2CCN(C(=O)c3ccc(Cl)cc3Cl)[C@H](C)C2=O)c(C)c1. The summed E-state index contributed by atoms with van der Waals surface area (Å²) in [7, 11) is 0. The third-order valence-corrected chi connectivity index (χ3v) is 5.27. The Labute approximate surface area is 163 Å². The Morgan fingerprint density at radius 3 is 2.46 bits per heavy atom. The zero-order chi connectivity index (χ0) is 19.0. The van der Waals surface area contributed by atoms with Gasteiger partial charge in [0.15, 0.2) is 0 Å². The number of nitrogens with zero attached hydrogens (tertiary/aromatic N) is 2. The van der Waals surface area contributed by atoms with Crippen LogP contribution in [0.4, 0.5) is 5.69 Å². The van der Waals surface area contributed by atoms with Crippen molar-refractivity contribution >= 4 is 40.7 Å². The lowest BCUT2D eigenvalue weighted by molar-refractivity contribution is -0.124. The summed E-state index contributed by atoms with van der Waals surface area (Å²) in [5, 5.41) is 0.759. The molecule has 0 aromatic heterocycles. The van der Waals surface area contributed by atoms with E-state index in [2.05, 4.69) is 6.07 Å². The number of benzene rings is 2. The average molecular weight is 391 g/mol. The van der Waals surface area contributed by atoms with Crippen molar-refractivity contribution in [1.29, 1.82) is 0 Å². The summed E-state index contributed by atoms with van der Waals surface area (Å²) in [5.74, 6) is -0.352. The molecule has 1 aliphatic rings. The Morgan fingerprint density at radius 1 is 1.08 bits per heavy atom. The van der Waals surface area contributed by atoms with E-state index in [9.17, 15) is 9.59 Å². The van der Waals surface area contributed by atoms with E-state index in [1.807, 2.05) is 26.0 Å². The standard InChI is InChI=1S/C20H20Cl2N2O2/c1-12-4-7-18(13(2)10-12)24-9-8-23(14(3)19(24)25)20(26)16-6-5-15(21)11-17(16)22/h4-7,10-11,14H,8-9H2,1-3H3/t14-/m1/s1. The molecule has 4 nitrogen and oxygen atoms in total. The summed E-state index contributed by atoms with van der Waals surface area (Å²) >= 11 is 12.1. The first-order chi connectivity index (χ1) is 12.3. The van der Waals surface area contributed by atoms with Gasteiger partial charge in [-0.2, -0.15) is 0 Å². The van der Waals surface area contributed by atoms with E-state index in [-0.39, 0.29) is 11.8 Å². The summed E-state index contributed by atoms with van der Waals surface area (Å²) in [6.45, 7) is 6.65. The van der Waals surface area contributed by atoms with Crippen molar-refractivity contribution < 1.29 is 9.59 Å². The number of halogens is 2. The molecule has 2 aromatic rings. The van der Waals surface area contributed by atoms with Crippen molar-refractivity contribution in [3.63, 3.8) is 0 Å². The van der Waals surface area contributed by atoms with Crippen LogP contribution < -0.4 is 4.90 Å². The van der Waals surface area contributed by atoms with E-state index in [1.54, 1.807) is 28.9 Å². The highest BCUT2D eigenvalue weighted by Crippen LogP contribution is 2.27. The first-order valence-corrected chi connectivity index (χ1v) is 9.20. The highest BCUT2D eigenvalue weighted by atomic mass is 35.5. The van der Waals surface area contributed by atoms with Gasteiger partial charge in [0, 0.05) is 23.8 Å². The molecule has 0 radical (unpaired) electrons. The number of anilines is 1. The molecule has 26 heavy (non-hydrogen) atoms. The summed E-state index contributed by atoms with van der Waals surface area (Å²) < 4.78 is 0. The van der Waals surface area contributed by atoms with Gasteiger partial charge in [0.05, 0.1) is 10.6 Å². The molecule has 0 saturated carbocycles. The van der Waals surface area contributed by atoms with E-state index in [1.165, 1.54) is 6.07 Å². The molecule has 1 aliphatic heterocycles. The van der Waals surface area contributed by atoms with Gasteiger partial charge in [0.2, 0.25) is 5.91 Å². The molecule has 0 N–H and O–H groups in total. The van der Waals surface area contributed by atoms with Gasteiger partial charge < -0.3 is 9.80 Å². The maximum Gasteiger partial charge on any atom is 0.256 e. The van der Waals surface area contributed by atoms with Gasteiger partial charge in [-0.25, -0.2) is 0 Å². The number of rotatable bonds is 2. The lowest BCUT2D eigenvalue weighted by Gasteiger charge is -2.39. The van der Waals surface area contributed by atoms with Crippen LogP contribution in [0.1, 0.15) is 28.4 Å². The summed E-state index contributed by atoms with van der Waals surface area (Å²) in [4.78, 5) is 29.1. The number of amides is 2. The summed E-state index contributed by atoms with van der Waals surface area (Å²) in [6, 6.07) is 10.2. The van der Waals surface area contributed by atoms with Gasteiger partial charge in [-0.3, -0.25) is 9.59 Å². The number of aryl methyl sites for hydroxylation is 2. The van der Waals surface area contributed by atoms with Gasteiger partial charge in [-0.15, -0.1) is 0 Å². The molecule has 0 aliphatic carbocycles. The van der Waals surface area contributed by atoms with Gasteiger partial charge in [-0.05, 0) is 50.6 Å². The van der Waals surface area contributed by atoms with E-state index >= 15 is 0 Å². The molecule has 0 spiro atoms. The van der Waals surface area contributed by atoms with E-state index in [0.29, 0.717) is 28.7 Å². The maximum atomic E-state index is 12.9. The van der Waals surface area contributed by atoms with Crippen molar-refractivity contribution in [3.8, 4) is 0 Å². The van der Waals surface area contributed by atoms with E-state index in [0.717, 1.165) is 16.8 Å². The molecular weight excluding hydrogens is 371 g/mol. The summed E-state index contributed by atoms with van der Waals surface area (Å²) in [6.07, 6.45) is 0. The number of hydrogen-bond donors (Lipinski definition) is 0. The minimum Gasteiger partial charge on any atom is -0.325 e. The Bertz CT molecular complexity index is 882. The predicted molar refractivity (Wildman–Crippen MR) is 105 cm³/mol. The molecule has 3 rings (SSSR count). The molecule has 6 heteroatoms. The first-order valence-electron chi connectivity index (χ1n) is 8.44. The smallest absolute Gasteiger partial charge is 0.256 e. The average Bonchev–Trinajstić information content (AvgIpc) is 2.57. The Hall–Kier alpha value is -2.04. The Morgan fingerprint density at radius 2 is 1.81 bits per heavy atom. The van der Waals surface area contributed by atoms with Gasteiger partial charge in [0.1, 0.15) is 6.04 Å². The molecule has 1 heterocycles. The van der Waals surface area contributed by atoms with Crippen LogP contribution in [0.3, 0.4) is 0 Å². The number of carbonyl (C=O) groups is 2. The van der Waals surface area contributed by atoms with Crippen LogP contribution in [-0.4, -0.2) is 35.8 Å². The lowest BCUT2D eigenvalue weighted by atomic mass is 10.1. The molecule has 1 atom stereocenters. The second kappa shape index (κ2) is 7.29. The van der Waals surface area contributed by atoms with Crippen LogP contribution in [0.2, 0.25) is 10.0 Å². The predicted octanol–water partition coefficient (Wildman–Crippen LogP) is 4.49. The molecule has 0 bridgehead atoms. The largest absolute Gasteiger partial charge is 0.325 e. The minimum atomic E-state index is -0.566. The van der Waals surface area contributed by atoms with Gasteiger partial charge >= 0.3 is 0 Å². The lowest BCUT2D eigenvalue weighted by Crippen LogP contribution is -2.58. The zero-order valence-corrected chi connectivity index (χ0v) is 16.4. The zero-order valence-electron chi connectivity index (χ0n) is 14.9. The fourth-order valence-electron chi connectivity index (χ4n) is 3.31. The van der Waals surface area contributed by atoms with Crippen LogP contribution in [-0.2, 0) is 4.79 Å². The Kier molecular flexibility index (Phi) is 5.26. The van der Waals surface area contributed by atoms with Crippen LogP contribution >= 0.6 is 23.2 Å². The van der Waals surface area contributed by atoms with E-state index in [4.69, 9.17) is 23.2 Å². The second-order valence-corrected chi connectivity index (χ2v) is 7.42. The molecule has 136 valence electrons.